The molecule has 0 saturated carbocycles. The van der Waals surface area contributed by atoms with Crippen LogP contribution in [0.2, 0.25) is 0 Å². The van der Waals surface area contributed by atoms with Crippen LogP contribution in [0.5, 0.6) is 0 Å². The van der Waals surface area contributed by atoms with Crippen LogP contribution in [0.3, 0.4) is 0 Å². The van der Waals surface area contributed by atoms with Crippen molar-refractivity contribution in [3.05, 3.63) is 35.7 Å². The van der Waals surface area contributed by atoms with Crippen LogP contribution in [-0.4, -0.2) is 43.6 Å². The van der Waals surface area contributed by atoms with E-state index < -0.39 is 11.9 Å². The Hall–Kier alpha value is -2.32. The monoisotopic (exact) mass is 341 g/mol. The van der Waals surface area contributed by atoms with Gasteiger partial charge in [-0.1, -0.05) is 0 Å². The van der Waals surface area contributed by atoms with Gasteiger partial charge in [0.15, 0.2) is 0 Å². The summed E-state index contributed by atoms with van der Waals surface area (Å²) in [6, 6.07) is 1.78. The first kappa shape index (κ1) is 16.5. The molecule has 9 heteroatoms. The summed E-state index contributed by atoms with van der Waals surface area (Å²) in [6.45, 7) is 0.988. The predicted octanol–water partition coefficient (Wildman–Crippen LogP) is 2.11. The third-order valence-corrected chi connectivity index (χ3v) is 4.32. The molecular weight excluding hydrogens is 323 g/mol. The summed E-state index contributed by atoms with van der Waals surface area (Å²) in [7, 11) is 1.77. The zero-order valence-corrected chi connectivity index (χ0v) is 13.2. The summed E-state index contributed by atoms with van der Waals surface area (Å²) in [5.74, 6) is 0.0385. The molecular formula is C15H18F3N5O. The molecule has 1 saturated heterocycles. The van der Waals surface area contributed by atoms with Crippen molar-refractivity contribution in [1.82, 2.24) is 24.6 Å². The van der Waals surface area contributed by atoms with Gasteiger partial charge in [0.05, 0.1) is 12.6 Å². The molecule has 0 spiro atoms. The Balaban J connectivity index is 1.67. The molecule has 3 heterocycles. The molecule has 130 valence electrons. The number of aryl methyl sites for hydroxylation is 1. The normalized spacial score (nSPS) is 18.8. The zero-order chi connectivity index (χ0) is 17.3. The van der Waals surface area contributed by atoms with Crippen molar-refractivity contribution in [2.45, 2.75) is 31.4 Å². The highest BCUT2D eigenvalue weighted by Crippen LogP contribution is 2.31. The molecule has 1 N–H and O–H groups in total. The van der Waals surface area contributed by atoms with Crippen molar-refractivity contribution in [2.75, 3.05) is 13.1 Å². The minimum absolute atomic E-state index is 0.0501. The third kappa shape index (κ3) is 3.44. The molecule has 2 aromatic heterocycles. The molecule has 24 heavy (non-hydrogen) atoms. The van der Waals surface area contributed by atoms with Crippen LogP contribution in [0.4, 0.5) is 13.2 Å². The lowest BCUT2D eigenvalue weighted by Gasteiger charge is -2.32. The van der Waals surface area contributed by atoms with Gasteiger partial charge in [0, 0.05) is 37.9 Å². The van der Waals surface area contributed by atoms with Gasteiger partial charge in [-0.15, -0.1) is 0 Å². The molecule has 1 amide bonds. The molecule has 0 unspecified atom stereocenters. The number of piperidine rings is 1. The van der Waals surface area contributed by atoms with E-state index in [1.165, 1.54) is 0 Å². The van der Waals surface area contributed by atoms with Crippen LogP contribution in [0.25, 0.3) is 0 Å². The van der Waals surface area contributed by atoms with E-state index in [2.05, 4.69) is 15.1 Å². The highest BCUT2D eigenvalue weighted by Gasteiger charge is 2.34. The van der Waals surface area contributed by atoms with Crippen LogP contribution in [0.15, 0.2) is 18.5 Å². The van der Waals surface area contributed by atoms with Crippen molar-refractivity contribution >= 4 is 5.91 Å². The van der Waals surface area contributed by atoms with Crippen molar-refractivity contribution in [1.29, 1.82) is 0 Å². The second-order valence-electron chi connectivity index (χ2n) is 5.98. The molecule has 3 rings (SSSR count). The second kappa shape index (κ2) is 6.29. The topological polar surface area (TPSA) is 66.8 Å². The number of H-pyrrole nitrogens is 1. The number of rotatable bonds is 3. The van der Waals surface area contributed by atoms with Crippen molar-refractivity contribution in [3.8, 4) is 0 Å². The van der Waals surface area contributed by atoms with E-state index in [0.29, 0.717) is 25.3 Å². The Bertz CT molecular complexity index is 721. The Morgan fingerprint density at radius 1 is 1.46 bits per heavy atom. The van der Waals surface area contributed by atoms with Gasteiger partial charge in [0.1, 0.15) is 11.5 Å². The van der Waals surface area contributed by atoms with Gasteiger partial charge in [0.2, 0.25) is 5.91 Å². The number of nitrogens with zero attached hydrogens (tertiary/aromatic N) is 4. The number of nitrogens with one attached hydrogen (secondary N) is 1. The third-order valence-electron chi connectivity index (χ3n) is 4.32. The number of likely N-dealkylation sites (tertiary alicyclic amines) is 1. The standard InChI is InChI=1S/C15H18F3N5O/c1-22-11(4-5-20-22)7-13(24)23-6-2-3-10(9-23)14-19-8-12(21-14)15(16,17)18/h4-5,8,10H,2-3,6-7,9H2,1H3,(H,19,21)/t10-/m0/s1. The van der Waals surface area contributed by atoms with Crippen LogP contribution in [0, 0.1) is 0 Å². The fourth-order valence-corrected chi connectivity index (χ4v) is 2.96. The fraction of sp³-hybridized carbons (Fsp3) is 0.533. The van der Waals surface area contributed by atoms with Crippen LogP contribution in [-0.2, 0) is 24.4 Å². The first-order valence-corrected chi connectivity index (χ1v) is 7.71. The highest BCUT2D eigenvalue weighted by molar-refractivity contribution is 5.78. The number of alkyl halides is 3. The summed E-state index contributed by atoms with van der Waals surface area (Å²) in [5, 5.41) is 4.03. The van der Waals surface area contributed by atoms with Gasteiger partial charge in [-0.3, -0.25) is 9.48 Å². The number of hydrogen-bond donors (Lipinski definition) is 1. The Morgan fingerprint density at radius 2 is 2.25 bits per heavy atom. The second-order valence-corrected chi connectivity index (χ2v) is 5.98. The molecule has 1 atom stereocenters. The number of aromatic amines is 1. The zero-order valence-electron chi connectivity index (χ0n) is 13.2. The molecule has 0 aromatic carbocycles. The minimum Gasteiger partial charge on any atom is -0.342 e. The van der Waals surface area contributed by atoms with E-state index in [9.17, 15) is 18.0 Å². The number of imidazole rings is 1. The Kier molecular flexibility index (Phi) is 4.33. The first-order valence-electron chi connectivity index (χ1n) is 7.71. The summed E-state index contributed by atoms with van der Waals surface area (Å²) in [5.41, 5.74) is -0.0460. The Labute approximate surface area is 136 Å². The molecule has 1 aliphatic heterocycles. The van der Waals surface area contributed by atoms with Gasteiger partial charge in [0.25, 0.3) is 0 Å². The SMILES string of the molecule is Cn1nccc1CC(=O)N1CCC[C@H](c2ncc(C(F)(F)F)[nH]2)C1. The summed E-state index contributed by atoms with van der Waals surface area (Å²) < 4.78 is 39.7. The van der Waals surface area contributed by atoms with Gasteiger partial charge < -0.3 is 9.88 Å². The summed E-state index contributed by atoms with van der Waals surface area (Å²) >= 11 is 0. The molecule has 1 fully saturated rings. The van der Waals surface area contributed by atoms with Crippen LogP contribution >= 0.6 is 0 Å². The molecule has 6 nitrogen and oxygen atoms in total. The lowest BCUT2D eigenvalue weighted by Crippen LogP contribution is -2.40. The van der Waals surface area contributed by atoms with Gasteiger partial charge in [-0.05, 0) is 18.9 Å². The molecule has 2 aromatic rings. The first-order chi connectivity index (χ1) is 11.3. The maximum Gasteiger partial charge on any atom is 0.432 e. The number of aromatic nitrogens is 4. The number of carbonyl (C=O) groups excluding carboxylic acids is 1. The van der Waals surface area contributed by atoms with Crippen molar-refractivity contribution < 1.29 is 18.0 Å². The van der Waals surface area contributed by atoms with Gasteiger partial charge >= 0.3 is 6.18 Å². The van der Waals surface area contributed by atoms with Gasteiger partial charge in [-0.25, -0.2) is 4.98 Å². The maximum absolute atomic E-state index is 12.7. The number of carbonyl (C=O) groups is 1. The van der Waals surface area contributed by atoms with E-state index in [-0.39, 0.29) is 18.2 Å². The summed E-state index contributed by atoms with van der Waals surface area (Å²) in [4.78, 5) is 20.3. The van der Waals surface area contributed by atoms with E-state index in [1.54, 1.807) is 28.9 Å². The number of halogens is 3. The van der Waals surface area contributed by atoms with Crippen LogP contribution in [0.1, 0.15) is 36.0 Å². The minimum atomic E-state index is -4.44. The largest absolute Gasteiger partial charge is 0.432 e. The number of amides is 1. The Morgan fingerprint density at radius 3 is 2.88 bits per heavy atom. The van der Waals surface area contributed by atoms with Crippen molar-refractivity contribution in [3.63, 3.8) is 0 Å². The average Bonchev–Trinajstić information content (AvgIpc) is 3.17. The van der Waals surface area contributed by atoms with E-state index >= 15 is 0 Å². The highest BCUT2D eigenvalue weighted by atomic mass is 19.4. The van der Waals surface area contributed by atoms with Crippen LogP contribution < -0.4 is 0 Å². The van der Waals surface area contributed by atoms with Crippen molar-refractivity contribution in [2.24, 2.45) is 7.05 Å². The smallest absolute Gasteiger partial charge is 0.342 e. The number of hydrogen-bond acceptors (Lipinski definition) is 3. The fourth-order valence-electron chi connectivity index (χ4n) is 2.96. The maximum atomic E-state index is 12.7. The summed E-state index contributed by atoms with van der Waals surface area (Å²) in [6.07, 6.45) is -0.316. The molecule has 1 aliphatic rings. The molecule has 0 aliphatic carbocycles. The molecule has 0 bridgehead atoms. The quantitative estimate of drug-likeness (QED) is 0.930. The molecule has 0 radical (unpaired) electrons. The van der Waals surface area contributed by atoms with E-state index in [4.69, 9.17) is 0 Å². The van der Waals surface area contributed by atoms with E-state index in [1.807, 2.05) is 0 Å². The lowest BCUT2D eigenvalue weighted by molar-refractivity contribution is -0.141. The predicted molar refractivity (Wildman–Crippen MR) is 79.1 cm³/mol. The average molecular weight is 341 g/mol. The van der Waals surface area contributed by atoms with Gasteiger partial charge in [-0.2, -0.15) is 18.3 Å². The van der Waals surface area contributed by atoms with E-state index in [0.717, 1.165) is 18.3 Å². The lowest BCUT2D eigenvalue weighted by atomic mass is 9.97.